The fraction of sp³-hybridized carbons (Fsp3) is 1.00. The van der Waals surface area contributed by atoms with Gasteiger partial charge in [0, 0.05) is 0 Å². The molecule has 8 atom stereocenters. The van der Waals surface area contributed by atoms with E-state index >= 15 is 0 Å². The number of hydrogen-bond donors (Lipinski definition) is 0. The van der Waals surface area contributed by atoms with Gasteiger partial charge in [-0.25, -0.2) is 0 Å². The standard InChI is InChI=1S/C15H26/c1-5-11-6-8(2)14(11)9(3)12-7-13-10(4)15(12)13/h8-15H,5-7H2,1-4H3. The van der Waals surface area contributed by atoms with Crippen LogP contribution >= 0.6 is 0 Å². The van der Waals surface area contributed by atoms with E-state index in [0.29, 0.717) is 0 Å². The Labute approximate surface area is 94.8 Å². The summed E-state index contributed by atoms with van der Waals surface area (Å²) in [6.07, 6.45) is 4.52. The van der Waals surface area contributed by atoms with Gasteiger partial charge in [-0.3, -0.25) is 0 Å². The van der Waals surface area contributed by atoms with E-state index in [4.69, 9.17) is 0 Å². The zero-order valence-electron chi connectivity index (χ0n) is 10.7. The van der Waals surface area contributed by atoms with E-state index in [1.807, 2.05) is 0 Å². The molecule has 86 valence electrons. The van der Waals surface area contributed by atoms with Crippen molar-refractivity contribution in [3.05, 3.63) is 0 Å². The molecule has 3 fully saturated rings. The molecule has 0 amide bonds. The fourth-order valence-electron chi connectivity index (χ4n) is 5.23. The molecular formula is C15H26. The smallest absolute Gasteiger partial charge is 0.0323 e. The van der Waals surface area contributed by atoms with Gasteiger partial charge in [0.05, 0.1) is 0 Å². The van der Waals surface area contributed by atoms with Crippen molar-refractivity contribution in [2.75, 3.05) is 0 Å². The Balaban J connectivity index is 1.62. The predicted molar refractivity (Wildman–Crippen MR) is 64.5 cm³/mol. The van der Waals surface area contributed by atoms with Crippen LogP contribution in [-0.2, 0) is 0 Å². The summed E-state index contributed by atoms with van der Waals surface area (Å²) < 4.78 is 0. The molecule has 3 aliphatic carbocycles. The topological polar surface area (TPSA) is 0 Å². The highest BCUT2D eigenvalue weighted by Gasteiger charge is 2.62. The van der Waals surface area contributed by atoms with Crippen LogP contribution in [0.4, 0.5) is 0 Å². The van der Waals surface area contributed by atoms with Gasteiger partial charge in [0.2, 0.25) is 0 Å². The molecule has 0 radical (unpaired) electrons. The van der Waals surface area contributed by atoms with Crippen molar-refractivity contribution in [1.82, 2.24) is 0 Å². The van der Waals surface area contributed by atoms with Crippen molar-refractivity contribution < 1.29 is 0 Å². The Morgan fingerprint density at radius 3 is 2.33 bits per heavy atom. The molecule has 0 N–H and O–H groups in total. The van der Waals surface area contributed by atoms with E-state index in [1.54, 1.807) is 6.42 Å². The van der Waals surface area contributed by atoms with Crippen molar-refractivity contribution >= 4 is 0 Å². The van der Waals surface area contributed by atoms with Crippen molar-refractivity contribution in [2.24, 2.45) is 47.3 Å². The van der Waals surface area contributed by atoms with E-state index < -0.39 is 0 Å². The maximum absolute atomic E-state index is 2.56. The third kappa shape index (κ3) is 1.26. The van der Waals surface area contributed by atoms with Crippen LogP contribution in [0, 0.1) is 47.3 Å². The van der Waals surface area contributed by atoms with E-state index in [2.05, 4.69) is 27.7 Å². The maximum Gasteiger partial charge on any atom is -0.0323 e. The summed E-state index contributed by atoms with van der Waals surface area (Å²) in [5.74, 6) is 8.73. The number of fused-ring (bicyclic) bond motifs is 1. The van der Waals surface area contributed by atoms with E-state index in [1.165, 1.54) is 12.8 Å². The van der Waals surface area contributed by atoms with Crippen molar-refractivity contribution in [1.29, 1.82) is 0 Å². The van der Waals surface area contributed by atoms with Crippen LogP contribution in [0.1, 0.15) is 47.0 Å². The van der Waals surface area contributed by atoms with Gasteiger partial charge < -0.3 is 0 Å². The van der Waals surface area contributed by atoms with Crippen LogP contribution in [0.15, 0.2) is 0 Å². The first-order chi connectivity index (χ1) is 7.15. The highest BCUT2D eigenvalue weighted by molar-refractivity contribution is 5.10. The quantitative estimate of drug-likeness (QED) is 0.649. The number of hydrogen-bond acceptors (Lipinski definition) is 0. The average Bonchev–Trinajstić information content (AvgIpc) is 2.61. The molecule has 3 rings (SSSR count). The van der Waals surface area contributed by atoms with Gasteiger partial charge in [0.25, 0.3) is 0 Å². The average molecular weight is 206 g/mol. The molecule has 0 nitrogen and oxygen atoms in total. The highest BCUT2D eigenvalue weighted by Crippen LogP contribution is 2.68. The summed E-state index contributed by atoms with van der Waals surface area (Å²) in [7, 11) is 0. The number of rotatable bonds is 3. The Morgan fingerprint density at radius 1 is 1.20 bits per heavy atom. The first kappa shape index (κ1) is 10.2. The maximum atomic E-state index is 2.56. The SMILES string of the molecule is CCC1CC(C)C1C(C)C1CC2C(C)C12. The molecular weight excluding hydrogens is 180 g/mol. The molecule has 8 unspecified atom stereocenters. The van der Waals surface area contributed by atoms with E-state index in [0.717, 1.165) is 47.3 Å². The van der Waals surface area contributed by atoms with Gasteiger partial charge in [-0.05, 0) is 60.2 Å². The van der Waals surface area contributed by atoms with Crippen LogP contribution in [0.2, 0.25) is 0 Å². The van der Waals surface area contributed by atoms with Crippen LogP contribution < -0.4 is 0 Å². The summed E-state index contributed by atoms with van der Waals surface area (Å²) >= 11 is 0. The van der Waals surface area contributed by atoms with Crippen molar-refractivity contribution in [2.45, 2.75) is 47.0 Å². The summed E-state index contributed by atoms with van der Waals surface area (Å²) in [5.41, 5.74) is 0. The Morgan fingerprint density at radius 2 is 1.93 bits per heavy atom. The van der Waals surface area contributed by atoms with Gasteiger partial charge >= 0.3 is 0 Å². The second-order valence-electron chi connectivity index (χ2n) is 6.82. The summed E-state index contributed by atoms with van der Waals surface area (Å²) in [5, 5.41) is 0. The Kier molecular flexibility index (Phi) is 2.20. The second-order valence-corrected chi connectivity index (χ2v) is 6.82. The summed E-state index contributed by atoms with van der Waals surface area (Å²) in [4.78, 5) is 0. The molecule has 0 aromatic carbocycles. The van der Waals surface area contributed by atoms with E-state index in [9.17, 15) is 0 Å². The van der Waals surface area contributed by atoms with Crippen LogP contribution in [0.3, 0.4) is 0 Å². The highest BCUT2D eigenvalue weighted by atomic mass is 14.7. The van der Waals surface area contributed by atoms with Crippen LogP contribution in [0.5, 0.6) is 0 Å². The lowest BCUT2D eigenvalue weighted by molar-refractivity contribution is -0.0130. The molecule has 0 saturated heterocycles. The molecule has 3 saturated carbocycles. The molecule has 0 aromatic heterocycles. The van der Waals surface area contributed by atoms with Crippen LogP contribution in [0.25, 0.3) is 0 Å². The van der Waals surface area contributed by atoms with E-state index in [-0.39, 0.29) is 0 Å². The first-order valence-corrected chi connectivity index (χ1v) is 7.15. The minimum absolute atomic E-state index is 1.03. The van der Waals surface area contributed by atoms with Crippen LogP contribution in [-0.4, -0.2) is 0 Å². The Hall–Kier alpha value is 0. The second kappa shape index (κ2) is 3.25. The molecule has 0 heteroatoms. The molecule has 3 aliphatic rings. The largest absolute Gasteiger partial charge is 0.0651 e. The van der Waals surface area contributed by atoms with Gasteiger partial charge in [0.15, 0.2) is 0 Å². The lowest BCUT2D eigenvalue weighted by Gasteiger charge is -2.50. The molecule has 0 bridgehead atoms. The monoisotopic (exact) mass is 206 g/mol. The normalized spacial score (nSPS) is 58.8. The fourth-order valence-corrected chi connectivity index (χ4v) is 5.23. The van der Waals surface area contributed by atoms with Gasteiger partial charge in [0.1, 0.15) is 0 Å². The third-order valence-electron chi connectivity index (χ3n) is 6.36. The lowest BCUT2D eigenvalue weighted by atomic mass is 9.55. The predicted octanol–water partition coefficient (Wildman–Crippen LogP) is 4.21. The molecule has 0 spiro atoms. The van der Waals surface area contributed by atoms with Crippen molar-refractivity contribution in [3.63, 3.8) is 0 Å². The Bertz CT molecular complexity index is 253. The molecule has 0 aliphatic heterocycles. The molecule has 0 aromatic rings. The zero-order chi connectivity index (χ0) is 10.7. The first-order valence-electron chi connectivity index (χ1n) is 7.15. The summed E-state index contributed by atoms with van der Waals surface area (Å²) in [6.45, 7) is 9.91. The lowest BCUT2D eigenvalue weighted by Crippen LogP contribution is -2.43. The minimum Gasteiger partial charge on any atom is -0.0651 e. The molecule has 0 heterocycles. The molecule has 15 heavy (non-hydrogen) atoms. The van der Waals surface area contributed by atoms with Gasteiger partial charge in [-0.2, -0.15) is 0 Å². The van der Waals surface area contributed by atoms with Crippen molar-refractivity contribution in [3.8, 4) is 0 Å². The zero-order valence-corrected chi connectivity index (χ0v) is 10.7. The third-order valence-corrected chi connectivity index (χ3v) is 6.36. The minimum atomic E-state index is 1.03. The van der Waals surface area contributed by atoms with Gasteiger partial charge in [-0.1, -0.05) is 34.1 Å². The summed E-state index contributed by atoms with van der Waals surface area (Å²) in [6, 6.07) is 0. The van der Waals surface area contributed by atoms with Gasteiger partial charge in [-0.15, -0.1) is 0 Å².